The maximum atomic E-state index is 13.9. The summed E-state index contributed by atoms with van der Waals surface area (Å²) in [6, 6.07) is 12.8. The van der Waals surface area contributed by atoms with Crippen LogP contribution >= 0.6 is 0 Å². The molecule has 0 bridgehead atoms. The van der Waals surface area contributed by atoms with Crippen LogP contribution in [0.4, 0.5) is 8.78 Å². The fraction of sp³-hybridized carbons (Fsp3) is 0.345. The number of Topliss-reactive ketones (excluding diaryl/α,β-unsaturated/α-hetero) is 1. The molecule has 38 heavy (non-hydrogen) atoms. The van der Waals surface area contributed by atoms with Gasteiger partial charge >= 0.3 is 0 Å². The number of hydrogen-bond donors (Lipinski definition) is 3. The molecule has 2 atom stereocenters. The van der Waals surface area contributed by atoms with Gasteiger partial charge in [0.1, 0.15) is 23.1 Å². The number of pyridine rings is 1. The van der Waals surface area contributed by atoms with Crippen molar-refractivity contribution in [3.05, 3.63) is 83.6 Å². The molecule has 7 nitrogen and oxygen atoms in total. The monoisotopic (exact) mass is 521 g/mol. The van der Waals surface area contributed by atoms with E-state index in [1.807, 2.05) is 6.07 Å². The van der Waals surface area contributed by atoms with Crippen molar-refractivity contribution >= 4 is 11.7 Å². The van der Waals surface area contributed by atoms with Crippen LogP contribution in [0.15, 0.2) is 60.8 Å². The summed E-state index contributed by atoms with van der Waals surface area (Å²) in [5.74, 6) is -0.538. The molecule has 3 aromatic rings. The van der Waals surface area contributed by atoms with Crippen LogP contribution in [0, 0.1) is 23.5 Å². The van der Waals surface area contributed by atoms with Gasteiger partial charge in [0, 0.05) is 18.5 Å². The first kappa shape index (κ1) is 25.8. The molecule has 1 aromatic heterocycles. The molecule has 2 aromatic carbocycles. The minimum Gasteiger partial charge on any atom is -0.508 e. The first-order chi connectivity index (χ1) is 18.4. The average molecular weight is 522 g/mol. The lowest BCUT2D eigenvalue weighted by molar-refractivity contribution is -0.126. The number of aromatic hydroxyl groups is 1. The number of phenols is 1. The highest BCUT2D eigenvalue weighted by Gasteiger charge is 2.45. The van der Waals surface area contributed by atoms with Gasteiger partial charge in [-0.1, -0.05) is 12.1 Å². The summed E-state index contributed by atoms with van der Waals surface area (Å²) >= 11 is 0. The zero-order valence-corrected chi connectivity index (χ0v) is 20.7. The average Bonchev–Trinajstić information content (AvgIpc) is 3.68. The van der Waals surface area contributed by atoms with Gasteiger partial charge in [-0.3, -0.25) is 9.59 Å². The molecule has 0 spiro atoms. The van der Waals surface area contributed by atoms with Crippen molar-refractivity contribution in [3.63, 3.8) is 0 Å². The molecule has 2 fully saturated rings. The number of halogens is 2. The van der Waals surface area contributed by atoms with Crippen LogP contribution in [0.1, 0.15) is 48.0 Å². The van der Waals surface area contributed by atoms with Gasteiger partial charge < -0.3 is 20.5 Å². The highest BCUT2D eigenvalue weighted by Crippen LogP contribution is 2.36. The van der Waals surface area contributed by atoms with Gasteiger partial charge in [0.05, 0.1) is 17.8 Å². The number of amides is 1. The van der Waals surface area contributed by atoms with Gasteiger partial charge in [0.15, 0.2) is 5.78 Å². The minimum absolute atomic E-state index is 0.0207. The third kappa shape index (κ3) is 6.34. The normalized spacial score (nSPS) is 22.5. The first-order valence-electron chi connectivity index (χ1n) is 12.8. The quantitative estimate of drug-likeness (QED) is 0.273. The SMILES string of the molecule is O=C(NCc1cccc(O)c1)C1CCC(CC2NC2C(=O)c2cc(F)cnc2Oc2ccc(F)cc2)CC1. The second-order valence-electron chi connectivity index (χ2n) is 10.0. The van der Waals surface area contributed by atoms with E-state index in [9.17, 15) is 23.5 Å². The first-order valence-corrected chi connectivity index (χ1v) is 12.8. The summed E-state index contributed by atoms with van der Waals surface area (Å²) in [7, 11) is 0. The number of rotatable bonds is 9. The second-order valence-corrected chi connectivity index (χ2v) is 10.0. The van der Waals surface area contributed by atoms with Crippen LogP contribution in [0.5, 0.6) is 17.4 Å². The molecular weight excluding hydrogens is 492 g/mol. The fourth-order valence-corrected chi connectivity index (χ4v) is 5.12. The third-order valence-electron chi connectivity index (χ3n) is 7.26. The van der Waals surface area contributed by atoms with Gasteiger partial charge in [-0.05, 0) is 86.1 Å². The van der Waals surface area contributed by atoms with Crippen molar-refractivity contribution < 1.29 is 28.2 Å². The number of phenolic OH excluding ortho intramolecular Hbond substituents is 1. The minimum atomic E-state index is -0.641. The lowest BCUT2D eigenvalue weighted by Crippen LogP contribution is -2.33. The van der Waals surface area contributed by atoms with Crippen molar-refractivity contribution in [1.82, 2.24) is 15.6 Å². The number of ketones is 1. The molecule has 9 heteroatoms. The zero-order valence-electron chi connectivity index (χ0n) is 20.7. The summed E-state index contributed by atoms with van der Waals surface area (Å²) in [6.45, 7) is 0.380. The van der Waals surface area contributed by atoms with E-state index < -0.39 is 17.7 Å². The number of hydrogen-bond acceptors (Lipinski definition) is 6. The van der Waals surface area contributed by atoms with E-state index in [1.165, 1.54) is 24.3 Å². The van der Waals surface area contributed by atoms with Gasteiger partial charge in [-0.25, -0.2) is 13.8 Å². The molecule has 2 heterocycles. The maximum Gasteiger partial charge on any atom is 0.230 e. The molecule has 5 rings (SSSR count). The van der Waals surface area contributed by atoms with E-state index in [0.29, 0.717) is 18.2 Å². The molecule has 1 aliphatic carbocycles. The van der Waals surface area contributed by atoms with Crippen LogP contribution in [-0.4, -0.2) is 33.9 Å². The van der Waals surface area contributed by atoms with Crippen LogP contribution in [-0.2, 0) is 11.3 Å². The Labute approximate surface area is 219 Å². The number of carbonyl (C=O) groups is 2. The van der Waals surface area contributed by atoms with E-state index >= 15 is 0 Å². The third-order valence-corrected chi connectivity index (χ3v) is 7.26. The van der Waals surface area contributed by atoms with Crippen LogP contribution in [0.25, 0.3) is 0 Å². The van der Waals surface area contributed by atoms with E-state index in [-0.39, 0.29) is 40.8 Å². The summed E-state index contributed by atoms with van der Waals surface area (Å²) < 4.78 is 32.8. The van der Waals surface area contributed by atoms with Crippen molar-refractivity contribution in [1.29, 1.82) is 0 Å². The molecule has 1 aliphatic heterocycles. The van der Waals surface area contributed by atoms with Gasteiger partial charge in [-0.2, -0.15) is 0 Å². The summed E-state index contributed by atoms with van der Waals surface area (Å²) in [4.78, 5) is 29.7. The summed E-state index contributed by atoms with van der Waals surface area (Å²) in [5, 5.41) is 15.7. The van der Waals surface area contributed by atoms with Crippen LogP contribution in [0.3, 0.4) is 0 Å². The van der Waals surface area contributed by atoms with Gasteiger partial charge in [-0.15, -0.1) is 0 Å². The Hall–Kier alpha value is -3.85. The Morgan fingerprint density at radius 2 is 1.79 bits per heavy atom. The van der Waals surface area contributed by atoms with Crippen LogP contribution < -0.4 is 15.4 Å². The van der Waals surface area contributed by atoms with Gasteiger partial charge in [0.25, 0.3) is 0 Å². The predicted molar refractivity (Wildman–Crippen MR) is 136 cm³/mol. The molecule has 2 aliphatic rings. The molecule has 1 saturated carbocycles. The number of aromatic nitrogens is 1. The fourth-order valence-electron chi connectivity index (χ4n) is 5.12. The molecule has 0 radical (unpaired) electrons. The number of carbonyl (C=O) groups excluding carboxylic acids is 2. The Balaban J connectivity index is 1.11. The topological polar surface area (TPSA) is 110 Å². The lowest BCUT2D eigenvalue weighted by Gasteiger charge is -2.27. The largest absolute Gasteiger partial charge is 0.508 e. The highest BCUT2D eigenvalue weighted by molar-refractivity contribution is 6.04. The molecular formula is C29H29F2N3O4. The summed E-state index contributed by atoms with van der Waals surface area (Å²) in [5.41, 5.74) is 0.892. The van der Waals surface area contributed by atoms with Gasteiger partial charge in [0.2, 0.25) is 11.8 Å². The Bertz CT molecular complexity index is 1310. The smallest absolute Gasteiger partial charge is 0.230 e. The van der Waals surface area contributed by atoms with E-state index in [1.54, 1.807) is 18.2 Å². The molecule has 3 N–H and O–H groups in total. The Kier molecular flexibility index (Phi) is 7.64. The standard InChI is InChI=1S/C29H29F2N3O4/c30-20-8-10-23(11-9-20)38-29-24(14-21(31)16-33-29)27(36)26-25(34-26)13-17-4-6-19(7-5-17)28(37)32-15-18-2-1-3-22(35)12-18/h1-3,8-12,14,16-17,19,25-26,34-35H,4-7,13,15H2,(H,32,37). The summed E-state index contributed by atoms with van der Waals surface area (Å²) in [6.07, 6.45) is 5.13. The van der Waals surface area contributed by atoms with E-state index in [4.69, 9.17) is 4.74 Å². The van der Waals surface area contributed by atoms with Crippen molar-refractivity contribution in [2.75, 3.05) is 0 Å². The Morgan fingerprint density at radius 1 is 1.03 bits per heavy atom. The predicted octanol–water partition coefficient (Wildman–Crippen LogP) is 4.89. The highest BCUT2D eigenvalue weighted by atomic mass is 19.1. The van der Waals surface area contributed by atoms with Crippen molar-refractivity contribution in [2.45, 2.75) is 50.7 Å². The zero-order chi connectivity index (χ0) is 26.6. The molecule has 198 valence electrons. The molecule has 1 saturated heterocycles. The maximum absolute atomic E-state index is 13.9. The molecule has 2 unspecified atom stereocenters. The van der Waals surface area contributed by atoms with E-state index in [2.05, 4.69) is 15.6 Å². The van der Waals surface area contributed by atoms with E-state index in [0.717, 1.165) is 49.9 Å². The number of ether oxygens (including phenoxy) is 1. The van der Waals surface area contributed by atoms with Crippen LogP contribution in [0.2, 0.25) is 0 Å². The lowest BCUT2D eigenvalue weighted by atomic mass is 9.79. The number of nitrogens with zero attached hydrogens (tertiary/aromatic N) is 1. The molecule has 1 amide bonds. The Morgan fingerprint density at radius 3 is 2.53 bits per heavy atom. The second kappa shape index (κ2) is 11.3. The van der Waals surface area contributed by atoms with Crippen molar-refractivity contribution in [2.24, 2.45) is 11.8 Å². The van der Waals surface area contributed by atoms with Crippen molar-refractivity contribution in [3.8, 4) is 17.4 Å². The number of nitrogens with one attached hydrogen (secondary N) is 2. The number of benzene rings is 2.